The fourth-order valence-electron chi connectivity index (χ4n) is 0.553. The van der Waals surface area contributed by atoms with Gasteiger partial charge >= 0.3 is 0 Å². The van der Waals surface area contributed by atoms with Crippen molar-refractivity contribution in [2.45, 2.75) is 0 Å². The first-order valence-corrected chi connectivity index (χ1v) is 4.38. The highest BCUT2D eigenvalue weighted by molar-refractivity contribution is 14.1. The Balaban J connectivity index is 3.31. The van der Waals surface area contributed by atoms with Crippen molar-refractivity contribution in [2.75, 3.05) is 5.73 Å². The molecular weight excluding hydrogens is 312 g/mol. The van der Waals surface area contributed by atoms with E-state index in [1.54, 1.807) is 6.07 Å². The van der Waals surface area contributed by atoms with Gasteiger partial charge in [-0.05, 0) is 50.7 Å². The molecule has 0 aliphatic heterocycles. The highest BCUT2D eigenvalue weighted by atomic mass is 127. The summed E-state index contributed by atoms with van der Waals surface area (Å²) in [7, 11) is 0. The molecule has 0 saturated heterocycles. The van der Waals surface area contributed by atoms with Gasteiger partial charge in [0.25, 0.3) is 0 Å². The average Bonchev–Trinajstić information content (AvgIpc) is 1.82. The van der Waals surface area contributed by atoms with Crippen LogP contribution in [0.2, 0.25) is 0 Å². The lowest BCUT2D eigenvalue weighted by Gasteiger charge is -1.99. The molecule has 1 rings (SSSR count). The second-order valence-corrected chi connectivity index (χ2v) is 3.88. The van der Waals surface area contributed by atoms with Gasteiger partial charge in [-0.15, -0.1) is 0 Å². The Bertz CT molecular complexity index is 241. The number of benzene rings is 1. The number of nitrogens with two attached hydrogens (primary N) is 1. The summed E-state index contributed by atoms with van der Waals surface area (Å²) in [5, 5.41) is 0. The van der Waals surface area contributed by atoms with Gasteiger partial charge in [0, 0.05) is 8.04 Å². The van der Waals surface area contributed by atoms with Crippen LogP contribution in [0.15, 0.2) is 16.6 Å². The third kappa shape index (κ3) is 1.60. The Morgan fingerprint density at radius 2 is 2.10 bits per heavy atom. The first kappa shape index (κ1) is 8.26. The largest absolute Gasteiger partial charge is 0.395 e. The van der Waals surface area contributed by atoms with Gasteiger partial charge in [-0.1, -0.05) is 0 Å². The minimum atomic E-state index is -0.376. The van der Waals surface area contributed by atoms with E-state index in [1.165, 1.54) is 6.07 Å². The maximum atomic E-state index is 12.7. The van der Waals surface area contributed by atoms with Crippen molar-refractivity contribution >= 4 is 44.2 Å². The summed E-state index contributed by atoms with van der Waals surface area (Å²) < 4.78 is 14.1. The molecule has 0 fully saturated rings. The second kappa shape index (κ2) is 3.04. The Morgan fingerprint density at radius 3 is 2.60 bits per heavy atom. The fraction of sp³-hybridized carbons (Fsp3) is 0. The van der Waals surface area contributed by atoms with Gasteiger partial charge < -0.3 is 5.73 Å². The minimum absolute atomic E-state index is 0.167. The molecule has 0 heterocycles. The van der Waals surface area contributed by atoms with Gasteiger partial charge in [-0.2, -0.15) is 0 Å². The summed E-state index contributed by atoms with van der Waals surface area (Å²) in [5.41, 5.74) is 5.49. The molecule has 0 bridgehead atoms. The van der Waals surface area contributed by atoms with Crippen LogP contribution < -0.4 is 5.73 Å². The van der Waals surface area contributed by atoms with Crippen LogP contribution in [-0.4, -0.2) is 0 Å². The summed E-state index contributed by atoms with van der Waals surface area (Å²) in [4.78, 5) is 0. The van der Waals surface area contributed by atoms with E-state index in [9.17, 15) is 4.39 Å². The molecule has 1 aromatic carbocycles. The quantitative estimate of drug-likeness (QED) is 0.578. The minimum Gasteiger partial charge on any atom is -0.395 e. The highest BCUT2D eigenvalue weighted by Crippen LogP contribution is 2.24. The number of anilines is 1. The highest BCUT2D eigenvalue weighted by Gasteiger charge is 2.02. The van der Waals surface area contributed by atoms with Crippen LogP contribution in [-0.2, 0) is 0 Å². The maximum absolute atomic E-state index is 12.7. The molecule has 0 saturated carbocycles. The molecule has 0 aliphatic carbocycles. The molecule has 1 aromatic rings. The molecule has 4 heteroatoms. The van der Waals surface area contributed by atoms with E-state index in [-0.39, 0.29) is 11.5 Å². The Labute approximate surface area is 80.1 Å². The Hall–Kier alpha value is 0.160. The lowest BCUT2D eigenvalue weighted by atomic mass is 10.3. The maximum Gasteiger partial charge on any atom is 0.148 e. The van der Waals surface area contributed by atoms with Crippen LogP contribution in [0.25, 0.3) is 0 Å². The monoisotopic (exact) mass is 315 g/mol. The van der Waals surface area contributed by atoms with Crippen LogP contribution in [0.3, 0.4) is 0 Å². The van der Waals surface area contributed by atoms with Crippen molar-refractivity contribution < 1.29 is 4.39 Å². The zero-order chi connectivity index (χ0) is 7.72. The third-order valence-electron chi connectivity index (χ3n) is 1.04. The number of rotatable bonds is 0. The predicted molar refractivity (Wildman–Crippen MR) is 51.2 cm³/mol. The molecule has 0 radical (unpaired) electrons. The second-order valence-electron chi connectivity index (χ2n) is 1.78. The summed E-state index contributed by atoms with van der Waals surface area (Å²) in [6, 6.07) is 3.15. The molecule has 0 unspecified atom stereocenters. The van der Waals surface area contributed by atoms with Crippen molar-refractivity contribution in [3.05, 3.63) is 26.0 Å². The number of hydrogen-bond acceptors (Lipinski definition) is 1. The predicted octanol–water partition coefficient (Wildman–Crippen LogP) is 2.78. The Morgan fingerprint density at radius 1 is 1.50 bits per heavy atom. The van der Waals surface area contributed by atoms with Gasteiger partial charge in [-0.3, -0.25) is 0 Å². The molecule has 0 atom stereocenters. The lowest BCUT2D eigenvalue weighted by molar-refractivity contribution is 0.631. The van der Waals surface area contributed by atoms with Gasteiger partial charge in [0.15, 0.2) is 0 Å². The molecule has 2 N–H and O–H groups in total. The summed E-state index contributed by atoms with van der Waals surface area (Å²) >= 11 is 5.15. The molecule has 54 valence electrons. The van der Waals surface area contributed by atoms with Crippen molar-refractivity contribution in [3.63, 3.8) is 0 Å². The Kier molecular flexibility index (Phi) is 2.51. The van der Waals surface area contributed by atoms with E-state index in [1.807, 2.05) is 22.6 Å². The van der Waals surface area contributed by atoms with Crippen molar-refractivity contribution in [1.29, 1.82) is 0 Å². The van der Waals surface area contributed by atoms with Crippen molar-refractivity contribution in [3.8, 4) is 0 Å². The van der Waals surface area contributed by atoms with E-state index < -0.39 is 0 Å². The normalized spacial score (nSPS) is 9.90. The molecule has 0 spiro atoms. The fourth-order valence-corrected chi connectivity index (χ4v) is 2.00. The van der Waals surface area contributed by atoms with E-state index in [0.29, 0.717) is 4.47 Å². The third-order valence-corrected chi connectivity index (χ3v) is 2.32. The number of halogens is 3. The zero-order valence-electron chi connectivity index (χ0n) is 4.87. The van der Waals surface area contributed by atoms with Gasteiger partial charge in [0.1, 0.15) is 5.82 Å². The number of hydrogen-bond donors (Lipinski definition) is 1. The summed E-state index contributed by atoms with van der Waals surface area (Å²) in [6.07, 6.45) is 0. The molecule has 0 aromatic heterocycles. The summed E-state index contributed by atoms with van der Waals surface area (Å²) in [5.74, 6) is -0.376. The zero-order valence-corrected chi connectivity index (χ0v) is 8.61. The van der Waals surface area contributed by atoms with Gasteiger partial charge in [0.2, 0.25) is 0 Å². The molecule has 0 amide bonds. The lowest BCUT2D eigenvalue weighted by Crippen LogP contribution is -1.92. The average molecular weight is 316 g/mol. The summed E-state index contributed by atoms with van der Waals surface area (Å²) in [6.45, 7) is 0. The standard InChI is InChI=1S/C6H4BrFIN/c7-4-1-3(9)2-5(8)6(4)10/h1-2H,10H2. The molecular formula is C6H4BrFIN. The van der Waals surface area contributed by atoms with Gasteiger partial charge in [0.05, 0.1) is 5.69 Å². The van der Waals surface area contributed by atoms with E-state index in [4.69, 9.17) is 5.73 Å². The van der Waals surface area contributed by atoms with Crippen LogP contribution in [0.4, 0.5) is 10.1 Å². The molecule has 0 aliphatic rings. The van der Waals surface area contributed by atoms with E-state index in [2.05, 4.69) is 15.9 Å². The van der Waals surface area contributed by atoms with E-state index >= 15 is 0 Å². The topological polar surface area (TPSA) is 26.0 Å². The molecule has 1 nitrogen and oxygen atoms in total. The number of nitrogen functional groups attached to an aromatic ring is 1. The van der Waals surface area contributed by atoms with E-state index in [0.717, 1.165) is 3.57 Å². The van der Waals surface area contributed by atoms with Crippen LogP contribution in [0.1, 0.15) is 0 Å². The van der Waals surface area contributed by atoms with Crippen LogP contribution in [0, 0.1) is 9.39 Å². The first-order valence-electron chi connectivity index (χ1n) is 2.51. The van der Waals surface area contributed by atoms with Crippen LogP contribution in [0.5, 0.6) is 0 Å². The smallest absolute Gasteiger partial charge is 0.148 e. The van der Waals surface area contributed by atoms with Gasteiger partial charge in [-0.25, -0.2) is 4.39 Å². The first-order chi connectivity index (χ1) is 4.61. The van der Waals surface area contributed by atoms with Crippen molar-refractivity contribution in [1.82, 2.24) is 0 Å². The van der Waals surface area contributed by atoms with Crippen LogP contribution >= 0.6 is 38.5 Å². The molecule has 10 heavy (non-hydrogen) atoms. The SMILES string of the molecule is Nc1c(F)cc(I)cc1Br. The van der Waals surface area contributed by atoms with Crippen molar-refractivity contribution in [2.24, 2.45) is 0 Å².